The summed E-state index contributed by atoms with van der Waals surface area (Å²) in [4.78, 5) is 29.1. The molecule has 1 aliphatic carbocycles. The predicted molar refractivity (Wildman–Crippen MR) is 102 cm³/mol. The van der Waals surface area contributed by atoms with Crippen molar-refractivity contribution in [1.29, 1.82) is 0 Å². The molecule has 1 aromatic carbocycles. The van der Waals surface area contributed by atoms with Gasteiger partial charge in [-0.2, -0.15) is 0 Å². The van der Waals surface area contributed by atoms with Gasteiger partial charge in [0, 0.05) is 28.5 Å². The number of ether oxygens (including phenoxy) is 1. The van der Waals surface area contributed by atoms with Gasteiger partial charge in [0.1, 0.15) is 4.88 Å². The zero-order valence-electron chi connectivity index (χ0n) is 14.3. The molecular formula is C20H20N2O3S. The molecular weight excluding hydrogens is 348 g/mol. The van der Waals surface area contributed by atoms with E-state index < -0.39 is 5.97 Å². The Labute approximate surface area is 155 Å². The van der Waals surface area contributed by atoms with Gasteiger partial charge >= 0.3 is 5.97 Å². The topological polar surface area (TPSA) is 71.2 Å². The van der Waals surface area contributed by atoms with Crippen molar-refractivity contribution in [1.82, 2.24) is 10.3 Å². The highest BCUT2D eigenvalue weighted by Crippen LogP contribution is 2.30. The minimum Gasteiger partial charge on any atom is -0.451 e. The van der Waals surface area contributed by atoms with Crippen LogP contribution in [-0.2, 0) is 28.8 Å². The average Bonchev–Trinajstić information content (AvgIpc) is 3.34. The van der Waals surface area contributed by atoms with Crippen molar-refractivity contribution in [3.05, 3.63) is 57.4 Å². The zero-order valence-corrected chi connectivity index (χ0v) is 15.2. The number of thiophene rings is 1. The Morgan fingerprint density at radius 1 is 1.23 bits per heavy atom. The fourth-order valence-electron chi connectivity index (χ4n) is 3.36. The maximum absolute atomic E-state index is 12.1. The lowest BCUT2D eigenvalue weighted by atomic mass is 10.1. The molecule has 4 rings (SSSR count). The van der Waals surface area contributed by atoms with E-state index in [0.29, 0.717) is 11.4 Å². The molecule has 134 valence electrons. The zero-order chi connectivity index (χ0) is 17.9. The SMILES string of the molecule is O=C(COC(=O)c1cc2c(s1)CCC2)NCCc1c[nH]c2ccccc12. The Morgan fingerprint density at radius 3 is 3.00 bits per heavy atom. The molecule has 1 aliphatic rings. The quantitative estimate of drug-likeness (QED) is 0.656. The van der Waals surface area contributed by atoms with Crippen molar-refractivity contribution in [2.75, 3.05) is 13.2 Å². The number of carbonyl (C=O) groups is 2. The summed E-state index contributed by atoms with van der Waals surface area (Å²) in [7, 11) is 0. The highest BCUT2D eigenvalue weighted by atomic mass is 32.1. The maximum atomic E-state index is 12.1. The number of aromatic nitrogens is 1. The van der Waals surface area contributed by atoms with Gasteiger partial charge in [0.25, 0.3) is 5.91 Å². The number of esters is 1. The number of fused-ring (bicyclic) bond motifs is 2. The van der Waals surface area contributed by atoms with Crippen LogP contribution in [0.15, 0.2) is 36.5 Å². The molecule has 2 N–H and O–H groups in total. The van der Waals surface area contributed by atoms with Crippen molar-refractivity contribution in [2.45, 2.75) is 25.7 Å². The number of hydrogen-bond acceptors (Lipinski definition) is 4. The summed E-state index contributed by atoms with van der Waals surface area (Å²) < 4.78 is 5.14. The number of rotatable bonds is 6. The maximum Gasteiger partial charge on any atom is 0.348 e. The fourth-order valence-corrected chi connectivity index (χ4v) is 4.51. The largest absolute Gasteiger partial charge is 0.451 e. The Morgan fingerprint density at radius 2 is 2.12 bits per heavy atom. The molecule has 0 saturated heterocycles. The third-order valence-corrected chi connectivity index (χ3v) is 5.89. The lowest BCUT2D eigenvalue weighted by Crippen LogP contribution is -2.30. The molecule has 5 nitrogen and oxygen atoms in total. The van der Waals surface area contributed by atoms with E-state index in [2.05, 4.69) is 16.4 Å². The van der Waals surface area contributed by atoms with Crippen LogP contribution in [0, 0.1) is 0 Å². The van der Waals surface area contributed by atoms with Crippen LogP contribution < -0.4 is 5.32 Å². The second-order valence-electron chi connectivity index (χ2n) is 6.45. The van der Waals surface area contributed by atoms with Crippen LogP contribution >= 0.6 is 11.3 Å². The Hall–Kier alpha value is -2.60. The highest BCUT2D eigenvalue weighted by Gasteiger charge is 2.19. The molecule has 26 heavy (non-hydrogen) atoms. The standard InChI is InChI=1S/C20H20N2O3S/c23-19(12-25-20(24)18-10-13-4-3-7-17(13)26-18)21-9-8-14-11-22-16-6-2-1-5-15(14)16/h1-2,5-6,10-11,22H,3-4,7-9,12H2,(H,21,23). The molecule has 2 aromatic heterocycles. The second-order valence-corrected chi connectivity index (χ2v) is 7.58. The van der Waals surface area contributed by atoms with Gasteiger partial charge in [-0.15, -0.1) is 11.3 Å². The van der Waals surface area contributed by atoms with E-state index in [9.17, 15) is 9.59 Å². The van der Waals surface area contributed by atoms with E-state index in [1.165, 1.54) is 27.2 Å². The van der Waals surface area contributed by atoms with Crippen LogP contribution in [0.4, 0.5) is 0 Å². The van der Waals surface area contributed by atoms with Gasteiger partial charge in [0.05, 0.1) is 0 Å². The van der Waals surface area contributed by atoms with Gasteiger partial charge in [-0.1, -0.05) is 18.2 Å². The summed E-state index contributed by atoms with van der Waals surface area (Å²) in [5.74, 6) is -0.682. The van der Waals surface area contributed by atoms with Crippen LogP contribution in [0.1, 0.15) is 32.1 Å². The third kappa shape index (κ3) is 3.51. The fraction of sp³-hybridized carbons (Fsp3) is 0.300. The smallest absolute Gasteiger partial charge is 0.348 e. The first-order valence-electron chi connectivity index (χ1n) is 8.81. The van der Waals surface area contributed by atoms with Crippen molar-refractivity contribution in [2.24, 2.45) is 0 Å². The summed E-state index contributed by atoms with van der Waals surface area (Å²) in [6.07, 6.45) is 5.93. The first kappa shape index (κ1) is 16.8. The van der Waals surface area contributed by atoms with Gasteiger partial charge in [-0.3, -0.25) is 4.79 Å². The summed E-state index contributed by atoms with van der Waals surface area (Å²) in [5, 5.41) is 3.97. The van der Waals surface area contributed by atoms with E-state index in [0.717, 1.165) is 36.8 Å². The minimum absolute atomic E-state index is 0.241. The molecule has 0 radical (unpaired) electrons. The molecule has 0 fully saturated rings. The molecule has 0 aliphatic heterocycles. The van der Waals surface area contributed by atoms with E-state index in [4.69, 9.17) is 4.74 Å². The molecule has 0 atom stereocenters. The Kier molecular flexibility index (Phi) is 4.75. The van der Waals surface area contributed by atoms with Crippen LogP contribution in [0.2, 0.25) is 0 Å². The van der Waals surface area contributed by atoms with E-state index in [1.807, 2.05) is 30.5 Å². The van der Waals surface area contributed by atoms with Crippen LogP contribution in [0.25, 0.3) is 10.9 Å². The highest BCUT2D eigenvalue weighted by molar-refractivity contribution is 7.14. The molecule has 1 amide bonds. The molecule has 0 saturated carbocycles. The summed E-state index contributed by atoms with van der Waals surface area (Å²) in [6.45, 7) is 0.265. The lowest BCUT2D eigenvalue weighted by Gasteiger charge is -2.06. The summed E-state index contributed by atoms with van der Waals surface area (Å²) in [5.41, 5.74) is 3.50. The number of benzene rings is 1. The number of carbonyl (C=O) groups excluding carboxylic acids is 2. The Bertz CT molecular complexity index is 936. The number of amides is 1. The van der Waals surface area contributed by atoms with E-state index in [1.54, 1.807) is 0 Å². The van der Waals surface area contributed by atoms with Gasteiger partial charge in [-0.05, 0) is 48.9 Å². The average molecular weight is 368 g/mol. The third-order valence-electron chi connectivity index (χ3n) is 4.67. The first-order valence-corrected chi connectivity index (χ1v) is 9.63. The molecule has 0 bridgehead atoms. The Balaban J connectivity index is 1.23. The second kappa shape index (κ2) is 7.33. The molecule has 0 unspecified atom stereocenters. The van der Waals surface area contributed by atoms with Crippen LogP contribution in [-0.4, -0.2) is 30.0 Å². The molecule has 6 heteroatoms. The number of nitrogens with one attached hydrogen (secondary N) is 2. The first-order chi connectivity index (χ1) is 12.7. The van der Waals surface area contributed by atoms with Crippen molar-refractivity contribution < 1.29 is 14.3 Å². The number of aromatic amines is 1. The van der Waals surface area contributed by atoms with Gasteiger partial charge < -0.3 is 15.0 Å². The number of aryl methyl sites for hydroxylation is 2. The van der Waals surface area contributed by atoms with Gasteiger partial charge in [-0.25, -0.2) is 4.79 Å². The normalized spacial score (nSPS) is 12.9. The van der Waals surface area contributed by atoms with Crippen molar-refractivity contribution >= 4 is 34.1 Å². The monoisotopic (exact) mass is 368 g/mol. The summed E-state index contributed by atoms with van der Waals surface area (Å²) >= 11 is 1.49. The van der Waals surface area contributed by atoms with E-state index in [-0.39, 0.29) is 12.5 Å². The van der Waals surface area contributed by atoms with Gasteiger partial charge in [0.2, 0.25) is 0 Å². The molecule has 0 spiro atoms. The number of hydrogen-bond donors (Lipinski definition) is 2. The summed E-state index contributed by atoms with van der Waals surface area (Å²) in [6, 6.07) is 9.98. The molecule has 2 heterocycles. The van der Waals surface area contributed by atoms with Gasteiger partial charge in [0.15, 0.2) is 6.61 Å². The number of para-hydroxylation sites is 1. The van der Waals surface area contributed by atoms with E-state index >= 15 is 0 Å². The lowest BCUT2D eigenvalue weighted by molar-refractivity contribution is -0.124. The predicted octanol–water partition coefficient (Wildman–Crippen LogP) is 3.23. The number of H-pyrrole nitrogens is 1. The van der Waals surface area contributed by atoms with Crippen molar-refractivity contribution in [3.8, 4) is 0 Å². The molecule has 3 aromatic rings. The minimum atomic E-state index is -0.406. The van der Waals surface area contributed by atoms with Crippen molar-refractivity contribution in [3.63, 3.8) is 0 Å². The van der Waals surface area contributed by atoms with Crippen LogP contribution in [0.5, 0.6) is 0 Å². The van der Waals surface area contributed by atoms with Crippen LogP contribution in [0.3, 0.4) is 0 Å².